The molecule has 0 spiro atoms. The first-order valence-corrected chi connectivity index (χ1v) is 12.2. The van der Waals surface area contributed by atoms with Gasteiger partial charge >= 0.3 is 0 Å². The lowest BCUT2D eigenvalue weighted by Gasteiger charge is -2.00. The van der Waals surface area contributed by atoms with Crippen LogP contribution in [0, 0.1) is 0 Å². The molecule has 0 bridgehead atoms. The van der Waals surface area contributed by atoms with Crippen LogP contribution in [-0.4, -0.2) is 24.4 Å². The van der Waals surface area contributed by atoms with Gasteiger partial charge in [0, 0.05) is 28.8 Å². The number of para-hydroxylation sites is 1. The highest BCUT2D eigenvalue weighted by Crippen LogP contribution is 2.26. The fraction of sp³-hybridized carbons (Fsp3) is 0.0370. The molecule has 0 N–H and O–H groups in total. The molecule has 0 fully saturated rings. The van der Waals surface area contributed by atoms with Gasteiger partial charge in [-0.1, -0.05) is 83.6 Å². The van der Waals surface area contributed by atoms with Crippen molar-refractivity contribution in [2.45, 2.75) is 6.42 Å². The van der Waals surface area contributed by atoms with Gasteiger partial charge < -0.3 is 0 Å². The smallest absolute Gasteiger partial charge is 0.266 e. The van der Waals surface area contributed by atoms with Crippen molar-refractivity contribution in [1.82, 2.24) is 24.4 Å². The number of benzene rings is 3. The summed E-state index contributed by atoms with van der Waals surface area (Å²) in [6.07, 6.45) is 4.37. The first-order chi connectivity index (χ1) is 17.1. The lowest BCUT2D eigenvalue weighted by atomic mass is 10.1. The molecule has 0 atom stereocenters. The largest absolute Gasteiger partial charge is 0.291 e. The molecule has 8 heteroatoms. The Bertz CT molecular complexity index is 1740. The number of hydrogen-bond donors (Lipinski definition) is 0. The molecule has 0 aliphatic rings. The van der Waals surface area contributed by atoms with Crippen LogP contribution < -0.4 is 10.1 Å². The molecule has 3 aromatic heterocycles. The van der Waals surface area contributed by atoms with E-state index in [1.54, 1.807) is 0 Å². The average molecular weight is 496 g/mol. The van der Waals surface area contributed by atoms with Gasteiger partial charge in [-0.15, -0.1) is 5.10 Å². The molecule has 0 saturated heterocycles. The van der Waals surface area contributed by atoms with Gasteiger partial charge in [0.1, 0.15) is 5.69 Å². The third kappa shape index (κ3) is 4.27. The van der Waals surface area contributed by atoms with Crippen molar-refractivity contribution in [3.8, 4) is 16.9 Å². The van der Waals surface area contributed by atoms with Crippen LogP contribution in [0.2, 0.25) is 5.02 Å². The number of fused-ring (bicyclic) bond motifs is 1. The van der Waals surface area contributed by atoms with Gasteiger partial charge in [-0.3, -0.25) is 4.79 Å². The molecule has 3 heterocycles. The van der Waals surface area contributed by atoms with Gasteiger partial charge in [-0.25, -0.2) is 9.67 Å². The molecule has 0 aliphatic carbocycles. The molecule has 3 aromatic carbocycles. The van der Waals surface area contributed by atoms with E-state index in [9.17, 15) is 4.79 Å². The summed E-state index contributed by atoms with van der Waals surface area (Å²) >= 11 is 7.42. The van der Waals surface area contributed by atoms with E-state index in [0.29, 0.717) is 26.8 Å². The van der Waals surface area contributed by atoms with E-state index < -0.39 is 0 Å². The standard InChI is InChI=1S/C27H18ClN5OS/c28-21-13-11-19(12-14-21)25-20(17-32(31-25)22-9-5-2-6-10-22)16-23-26(34)33-27(35-23)29-24(30-33)15-18-7-3-1-4-8-18/h1-14,16-17H,15H2/b23-16-. The second-order valence-electron chi connectivity index (χ2n) is 8.02. The van der Waals surface area contributed by atoms with Crippen molar-refractivity contribution in [3.63, 3.8) is 0 Å². The maximum atomic E-state index is 13.2. The van der Waals surface area contributed by atoms with Crippen LogP contribution in [-0.2, 0) is 6.42 Å². The molecular formula is C27H18ClN5OS. The van der Waals surface area contributed by atoms with Crippen LogP contribution in [0.15, 0.2) is 95.9 Å². The predicted octanol–water partition coefficient (Wildman–Crippen LogP) is 4.80. The van der Waals surface area contributed by atoms with Crippen LogP contribution in [0.4, 0.5) is 0 Å². The monoisotopic (exact) mass is 495 g/mol. The van der Waals surface area contributed by atoms with Gasteiger partial charge in [0.2, 0.25) is 4.96 Å². The van der Waals surface area contributed by atoms with E-state index in [4.69, 9.17) is 16.7 Å². The molecular weight excluding hydrogens is 478 g/mol. The summed E-state index contributed by atoms with van der Waals surface area (Å²) in [4.78, 5) is 18.3. The van der Waals surface area contributed by atoms with Crippen molar-refractivity contribution in [1.29, 1.82) is 0 Å². The van der Waals surface area contributed by atoms with Crippen molar-refractivity contribution in [2.24, 2.45) is 0 Å². The summed E-state index contributed by atoms with van der Waals surface area (Å²) in [6.45, 7) is 0. The lowest BCUT2D eigenvalue weighted by molar-refractivity contribution is 0.878. The SMILES string of the molecule is O=c1/c(=C/c2cn(-c3ccccc3)nc2-c2ccc(Cl)cc2)sc2nc(Cc3ccccc3)nn12. The first-order valence-electron chi connectivity index (χ1n) is 11.0. The molecule has 0 unspecified atom stereocenters. The van der Waals surface area contributed by atoms with E-state index in [1.807, 2.05) is 102 Å². The second kappa shape index (κ2) is 8.94. The van der Waals surface area contributed by atoms with Crippen molar-refractivity contribution >= 4 is 34.0 Å². The minimum atomic E-state index is -0.189. The van der Waals surface area contributed by atoms with Crippen LogP contribution in [0.25, 0.3) is 28.0 Å². The Labute approximate surface area is 209 Å². The third-order valence-electron chi connectivity index (χ3n) is 5.60. The molecule has 35 heavy (non-hydrogen) atoms. The van der Waals surface area contributed by atoms with Gasteiger partial charge in [0.25, 0.3) is 5.56 Å². The Morgan fingerprint density at radius 3 is 2.31 bits per heavy atom. The zero-order valence-electron chi connectivity index (χ0n) is 18.4. The number of halogens is 1. The summed E-state index contributed by atoms with van der Waals surface area (Å²) in [5.74, 6) is 0.629. The van der Waals surface area contributed by atoms with Crippen LogP contribution in [0.1, 0.15) is 17.0 Å². The average Bonchev–Trinajstić information content (AvgIpc) is 3.56. The number of rotatable bonds is 5. The normalized spacial score (nSPS) is 12.0. The number of aromatic nitrogens is 5. The molecule has 0 radical (unpaired) electrons. The van der Waals surface area contributed by atoms with E-state index in [0.717, 1.165) is 28.1 Å². The Morgan fingerprint density at radius 1 is 0.886 bits per heavy atom. The molecule has 0 aliphatic heterocycles. The first kappa shape index (κ1) is 21.5. The van der Waals surface area contributed by atoms with Crippen LogP contribution in [0.3, 0.4) is 0 Å². The summed E-state index contributed by atoms with van der Waals surface area (Å²) < 4.78 is 3.75. The summed E-state index contributed by atoms with van der Waals surface area (Å²) in [5.41, 5.74) is 4.33. The molecule has 170 valence electrons. The second-order valence-corrected chi connectivity index (χ2v) is 9.47. The number of hydrogen-bond acceptors (Lipinski definition) is 5. The Hall–Kier alpha value is -4.07. The Morgan fingerprint density at radius 2 is 1.60 bits per heavy atom. The molecule has 6 rings (SSSR count). The van der Waals surface area contributed by atoms with E-state index >= 15 is 0 Å². The Balaban J connectivity index is 1.44. The van der Waals surface area contributed by atoms with Crippen LogP contribution in [0.5, 0.6) is 0 Å². The highest BCUT2D eigenvalue weighted by molar-refractivity contribution is 7.15. The zero-order chi connectivity index (χ0) is 23.8. The summed E-state index contributed by atoms with van der Waals surface area (Å²) in [7, 11) is 0. The quantitative estimate of drug-likeness (QED) is 0.345. The van der Waals surface area contributed by atoms with Crippen molar-refractivity contribution < 1.29 is 0 Å². The third-order valence-corrected chi connectivity index (χ3v) is 6.81. The number of thiazole rings is 1. The van der Waals surface area contributed by atoms with Gasteiger partial charge in [0.15, 0.2) is 5.82 Å². The zero-order valence-corrected chi connectivity index (χ0v) is 19.9. The van der Waals surface area contributed by atoms with Crippen LogP contribution >= 0.6 is 22.9 Å². The van der Waals surface area contributed by atoms with E-state index in [2.05, 4.69) is 10.1 Å². The van der Waals surface area contributed by atoms with Gasteiger partial charge in [-0.05, 0) is 35.9 Å². The lowest BCUT2D eigenvalue weighted by Crippen LogP contribution is -2.23. The fourth-order valence-corrected chi connectivity index (χ4v) is 4.95. The van der Waals surface area contributed by atoms with Gasteiger partial charge in [-0.2, -0.15) is 9.61 Å². The van der Waals surface area contributed by atoms with E-state index in [-0.39, 0.29) is 5.56 Å². The minimum absolute atomic E-state index is 0.189. The molecule has 6 nitrogen and oxygen atoms in total. The topological polar surface area (TPSA) is 65.1 Å². The summed E-state index contributed by atoms with van der Waals surface area (Å²) in [6, 6.07) is 27.3. The molecule has 0 amide bonds. The molecule has 6 aromatic rings. The summed E-state index contributed by atoms with van der Waals surface area (Å²) in [5, 5.41) is 9.93. The number of nitrogens with zero attached hydrogens (tertiary/aromatic N) is 5. The maximum Gasteiger partial charge on any atom is 0.291 e. The van der Waals surface area contributed by atoms with E-state index in [1.165, 1.54) is 15.9 Å². The minimum Gasteiger partial charge on any atom is -0.266 e. The van der Waals surface area contributed by atoms with Crippen molar-refractivity contribution in [3.05, 3.63) is 128 Å². The Kier molecular flexibility index (Phi) is 5.48. The molecule has 0 saturated carbocycles. The maximum absolute atomic E-state index is 13.2. The van der Waals surface area contributed by atoms with Crippen molar-refractivity contribution in [2.75, 3.05) is 0 Å². The highest BCUT2D eigenvalue weighted by Gasteiger charge is 2.14. The highest BCUT2D eigenvalue weighted by atomic mass is 35.5. The van der Waals surface area contributed by atoms with Gasteiger partial charge in [0.05, 0.1) is 10.2 Å². The fourth-order valence-electron chi connectivity index (χ4n) is 3.91. The predicted molar refractivity (Wildman–Crippen MR) is 139 cm³/mol.